The molecule has 0 aromatic carbocycles. The van der Waals surface area contributed by atoms with Gasteiger partial charge in [0.2, 0.25) is 0 Å². The Morgan fingerprint density at radius 1 is 0.272 bits per heavy atom. The number of hydrogen-bond donors (Lipinski definition) is 3. The summed E-state index contributed by atoms with van der Waals surface area (Å²) in [5, 5.41) is 10.6. The Morgan fingerprint density at radius 2 is 0.466 bits per heavy atom. The number of rotatable bonds is 84. The highest BCUT2D eigenvalue weighted by Gasteiger charge is 2.30. The number of aliphatic hydroxyl groups excluding tert-OH is 1. The molecule has 3 N–H and O–H groups in total. The van der Waals surface area contributed by atoms with E-state index >= 15 is 0 Å². The number of esters is 4. The summed E-state index contributed by atoms with van der Waals surface area (Å²) in [6, 6.07) is 0. The van der Waals surface area contributed by atoms with Crippen molar-refractivity contribution < 1.29 is 80.2 Å². The zero-order chi connectivity index (χ0) is 75.5. The highest BCUT2D eigenvalue weighted by atomic mass is 31.2. The molecule has 0 aromatic heterocycles. The first-order valence-electron chi connectivity index (χ1n) is 43.7. The number of unbranched alkanes of at least 4 members (excludes halogenated alkanes) is 55. The summed E-state index contributed by atoms with van der Waals surface area (Å²) in [7, 11) is -9.92. The Bertz CT molecular complexity index is 1960. The van der Waals surface area contributed by atoms with Crippen molar-refractivity contribution in [3.8, 4) is 0 Å². The highest BCUT2D eigenvalue weighted by molar-refractivity contribution is 7.47. The van der Waals surface area contributed by atoms with E-state index < -0.39 is 97.5 Å². The number of ether oxygens (including phenoxy) is 4. The average Bonchev–Trinajstić information content (AvgIpc) is 0.929. The van der Waals surface area contributed by atoms with Crippen molar-refractivity contribution in [2.24, 2.45) is 5.92 Å². The van der Waals surface area contributed by atoms with Gasteiger partial charge < -0.3 is 33.8 Å². The van der Waals surface area contributed by atoms with Crippen LogP contribution < -0.4 is 0 Å². The van der Waals surface area contributed by atoms with Crippen molar-refractivity contribution in [1.29, 1.82) is 0 Å². The molecule has 0 aliphatic heterocycles. The summed E-state index contributed by atoms with van der Waals surface area (Å²) in [6.07, 6.45) is 69.5. The fourth-order valence-corrected chi connectivity index (χ4v) is 14.7. The third-order valence-electron chi connectivity index (χ3n) is 20.1. The average molecular weight is 1510 g/mol. The molecule has 0 aromatic rings. The highest BCUT2D eigenvalue weighted by Crippen LogP contribution is 2.45. The quantitative estimate of drug-likeness (QED) is 0.0222. The molecule has 0 fully saturated rings. The number of hydrogen-bond acceptors (Lipinski definition) is 15. The lowest BCUT2D eigenvalue weighted by Gasteiger charge is -2.21. The van der Waals surface area contributed by atoms with Gasteiger partial charge in [-0.3, -0.25) is 37.3 Å². The first-order chi connectivity index (χ1) is 50.1. The van der Waals surface area contributed by atoms with Crippen molar-refractivity contribution >= 4 is 39.5 Å². The van der Waals surface area contributed by atoms with Crippen LogP contribution in [0.15, 0.2) is 0 Å². The van der Waals surface area contributed by atoms with Crippen LogP contribution in [0.3, 0.4) is 0 Å². The molecule has 103 heavy (non-hydrogen) atoms. The van der Waals surface area contributed by atoms with E-state index in [1.807, 2.05) is 0 Å². The molecule has 0 rings (SSSR count). The Morgan fingerprint density at radius 3 is 0.689 bits per heavy atom. The number of aliphatic hydroxyl groups is 1. The maximum Gasteiger partial charge on any atom is 0.472 e. The summed E-state index contributed by atoms with van der Waals surface area (Å²) in [6.45, 7) is 7.39. The molecular formula is C84H164O17P2. The SMILES string of the molecule is CCCCCCCCCCCCCCCCCCCCCC(=O)OC[C@H](COP(=O)(O)OC[C@@H](O)COP(=O)(O)OC[C@@H](COC(=O)CCCCCCCCCC)OC(=O)CCCCCCCCCCCCCCCC)OC(=O)CCCCCCCCCCCCCCCCCCCCC(C)CC. The predicted octanol–water partition coefficient (Wildman–Crippen LogP) is 25.6. The third kappa shape index (κ3) is 76.6. The van der Waals surface area contributed by atoms with Crippen LogP contribution in [0.4, 0.5) is 0 Å². The minimum atomic E-state index is -4.96. The van der Waals surface area contributed by atoms with E-state index in [1.165, 1.54) is 276 Å². The van der Waals surface area contributed by atoms with Crippen molar-refractivity contribution in [3.63, 3.8) is 0 Å². The molecule has 0 bridgehead atoms. The Hall–Kier alpha value is -1.94. The lowest BCUT2D eigenvalue weighted by molar-refractivity contribution is -0.161. The lowest BCUT2D eigenvalue weighted by atomic mass is 9.99. The molecule has 19 heteroatoms. The van der Waals surface area contributed by atoms with Gasteiger partial charge in [-0.2, -0.15) is 0 Å². The van der Waals surface area contributed by atoms with Gasteiger partial charge in [-0.05, 0) is 31.6 Å². The zero-order valence-electron chi connectivity index (χ0n) is 67.5. The van der Waals surface area contributed by atoms with Gasteiger partial charge >= 0.3 is 39.5 Å². The van der Waals surface area contributed by atoms with Gasteiger partial charge in [0.1, 0.15) is 19.3 Å². The predicted molar refractivity (Wildman–Crippen MR) is 423 cm³/mol. The Balaban J connectivity index is 5.18. The summed E-state index contributed by atoms with van der Waals surface area (Å²) >= 11 is 0. The standard InChI is InChI=1S/C84H164O17P2/c1-6-10-13-16-19-22-24-26-28-29-30-34-37-41-44-48-53-58-63-68-82(87)95-74-80(101-84(89)70-65-60-55-50-46-42-38-35-32-31-33-36-39-43-47-51-56-61-66-77(5)9-4)76-99-103(92,93)97-72-78(85)71-96-102(90,91)98-75-79(73-94-81(86)67-62-57-52-21-18-15-12-8-3)100-83(88)69-64-59-54-49-45-40-27-25-23-20-17-14-11-7-2/h77-80,85H,6-76H2,1-5H3,(H,90,91)(H,92,93)/t77?,78-,79+,80+/m0/s1. The van der Waals surface area contributed by atoms with E-state index in [4.69, 9.17) is 37.0 Å². The summed E-state index contributed by atoms with van der Waals surface area (Å²) in [5.74, 6) is -1.23. The maximum absolute atomic E-state index is 13.1. The molecule has 17 nitrogen and oxygen atoms in total. The molecule has 0 saturated carbocycles. The molecule has 0 heterocycles. The van der Waals surface area contributed by atoms with Crippen LogP contribution in [-0.4, -0.2) is 96.7 Å². The van der Waals surface area contributed by atoms with Crippen LogP contribution in [-0.2, 0) is 65.4 Å². The fraction of sp³-hybridized carbons (Fsp3) is 0.952. The largest absolute Gasteiger partial charge is 0.472 e. The molecule has 0 amide bonds. The second-order valence-corrected chi connectivity index (χ2v) is 33.4. The van der Waals surface area contributed by atoms with Gasteiger partial charge in [-0.25, -0.2) is 9.13 Å². The molecule has 0 aliphatic rings. The van der Waals surface area contributed by atoms with Gasteiger partial charge in [0.25, 0.3) is 0 Å². The first-order valence-corrected chi connectivity index (χ1v) is 46.7. The molecule has 6 atom stereocenters. The van der Waals surface area contributed by atoms with Gasteiger partial charge in [0.15, 0.2) is 12.2 Å². The van der Waals surface area contributed by atoms with E-state index in [1.54, 1.807) is 0 Å². The Kier molecular flexibility index (Phi) is 75.4. The smallest absolute Gasteiger partial charge is 0.462 e. The maximum atomic E-state index is 13.1. The molecule has 612 valence electrons. The van der Waals surface area contributed by atoms with E-state index in [9.17, 15) is 43.2 Å². The van der Waals surface area contributed by atoms with Crippen LogP contribution in [0.5, 0.6) is 0 Å². The zero-order valence-corrected chi connectivity index (χ0v) is 69.3. The van der Waals surface area contributed by atoms with Crippen LogP contribution >= 0.6 is 15.6 Å². The number of phosphoric ester groups is 2. The number of phosphoric acid groups is 2. The van der Waals surface area contributed by atoms with Crippen molar-refractivity contribution in [3.05, 3.63) is 0 Å². The number of carbonyl (C=O) groups is 4. The van der Waals surface area contributed by atoms with Crippen molar-refractivity contribution in [2.45, 2.75) is 470 Å². The topological polar surface area (TPSA) is 237 Å². The normalized spacial score (nSPS) is 14.1. The van der Waals surface area contributed by atoms with Crippen molar-refractivity contribution in [2.75, 3.05) is 39.6 Å². The fourth-order valence-electron chi connectivity index (χ4n) is 13.1. The van der Waals surface area contributed by atoms with Crippen LogP contribution in [0, 0.1) is 5.92 Å². The van der Waals surface area contributed by atoms with Crippen LogP contribution in [0.1, 0.15) is 452 Å². The van der Waals surface area contributed by atoms with E-state index in [0.717, 1.165) is 95.8 Å². The van der Waals surface area contributed by atoms with Gasteiger partial charge in [-0.15, -0.1) is 0 Å². The minimum absolute atomic E-state index is 0.108. The van der Waals surface area contributed by atoms with Crippen LogP contribution in [0.25, 0.3) is 0 Å². The van der Waals surface area contributed by atoms with Gasteiger partial charge in [0.05, 0.1) is 26.4 Å². The lowest BCUT2D eigenvalue weighted by Crippen LogP contribution is -2.30. The summed E-state index contributed by atoms with van der Waals surface area (Å²) in [4.78, 5) is 73.0. The third-order valence-corrected chi connectivity index (χ3v) is 22.0. The second-order valence-electron chi connectivity index (χ2n) is 30.5. The molecule has 0 spiro atoms. The van der Waals surface area contributed by atoms with E-state index in [2.05, 4.69) is 34.6 Å². The van der Waals surface area contributed by atoms with E-state index in [0.29, 0.717) is 25.7 Å². The monoisotopic (exact) mass is 1510 g/mol. The molecule has 0 aliphatic carbocycles. The summed E-state index contributed by atoms with van der Waals surface area (Å²) in [5.41, 5.74) is 0. The van der Waals surface area contributed by atoms with Gasteiger partial charge in [-0.1, -0.05) is 401 Å². The molecule has 0 saturated heterocycles. The number of carbonyl (C=O) groups excluding carboxylic acids is 4. The Labute approximate surface area is 632 Å². The molecule has 3 unspecified atom stereocenters. The van der Waals surface area contributed by atoms with Gasteiger partial charge in [0, 0.05) is 25.7 Å². The van der Waals surface area contributed by atoms with E-state index in [-0.39, 0.29) is 25.7 Å². The molecular weight excluding hydrogens is 1340 g/mol. The summed E-state index contributed by atoms with van der Waals surface area (Å²) < 4.78 is 68.7. The molecule has 0 radical (unpaired) electrons. The minimum Gasteiger partial charge on any atom is -0.462 e. The second kappa shape index (κ2) is 76.8. The first kappa shape index (κ1) is 101. The van der Waals surface area contributed by atoms with Crippen LogP contribution in [0.2, 0.25) is 0 Å². The van der Waals surface area contributed by atoms with Crippen molar-refractivity contribution in [1.82, 2.24) is 0 Å².